The highest BCUT2D eigenvalue weighted by Crippen LogP contribution is 2.10. The van der Waals surface area contributed by atoms with Crippen LogP contribution in [0.2, 0.25) is 0 Å². The van der Waals surface area contributed by atoms with Crippen molar-refractivity contribution in [3.05, 3.63) is 0 Å². The van der Waals surface area contributed by atoms with Crippen molar-refractivity contribution >= 4 is 23.8 Å². The van der Waals surface area contributed by atoms with Gasteiger partial charge in [-0.1, -0.05) is 13.3 Å². The Morgan fingerprint density at radius 3 is 2.53 bits per heavy atom. The van der Waals surface area contributed by atoms with Gasteiger partial charge in [-0.15, -0.1) is 0 Å². The van der Waals surface area contributed by atoms with E-state index >= 15 is 0 Å². The Balaban J connectivity index is 2.54. The smallest absolute Gasteiger partial charge is 0.326 e. The number of carboxylic acid groups (broad SMARTS) is 1. The number of carboxylic acids is 1. The molecule has 3 N–H and O–H groups in total. The lowest BCUT2D eigenvalue weighted by Crippen LogP contribution is -2.50. The fourth-order valence-corrected chi connectivity index (χ4v) is 1.77. The van der Waals surface area contributed by atoms with E-state index in [0.29, 0.717) is 12.8 Å². The van der Waals surface area contributed by atoms with Gasteiger partial charge in [0.2, 0.25) is 5.91 Å². The topological polar surface area (TPSA) is 116 Å². The van der Waals surface area contributed by atoms with Crippen molar-refractivity contribution in [2.45, 2.75) is 38.3 Å². The molecule has 0 saturated carbocycles. The third kappa shape index (κ3) is 3.67. The first-order chi connectivity index (χ1) is 8.86. The molecule has 1 unspecified atom stereocenters. The van der Waals surface area contributed by atoms with Crippen molar-refractivity contribution in [2.75, 3.05) is 7.05 Å². The number of likely N-dealkylation sites (tertiary alicyclic amines) is 1. The predicted octanol–water partition coefficient (Wildman–Crippen LogP) is -0.704. The fourth-order valence-electron chi connectivity index (χ4n) is 1.77. The normalized spacial score (nSPS) is 20.3. The van der Waals surface area contributed by atoms with Crippen LogP contribution in [-0.2, 0) is 14.4 Å². The zero-order chi connectivity index (χ0) is 14.6. The van der Waals surface area contributed by atoms with Crippen LogP contribution in [0, 0.1) is 0 Å². The summed E-state index contributed by atoms with van der Waals surface area (Å²) in [6.45, 7) is 1.80. The predicted molar refractivity (Wildman–Crippen MR) is 64.2 cm³/mol. The molecule has 0 aliphatic carbocycles. The monoisotopic (exact) mass is 271 g/mol. The van der Waals surface area contributed by atoms with Crippen molar-refractivity contribution in [3.8, 4) is 0 Å². The van der Waals surface area contributed by atoms with Crippen LogP contribution in [0.4, 0.5) is 4.79 Å². The molecule has 8 heteroatoms. The second kappa shape index (κ2) is 6.17. The number of aliphatic carboxylic acids is 1. The fraction of sp³-hybridized carbons (Fsp3) is 0.636. The van der Waals surface area contributed by atoms with E-state index in [4.69, 9.17) is 5.11 Å². The molecule has 2 atom stereocenters. The molecule has 0 spiro atoms. The molecular formula is C11H17N3O5. The highest BCUT2D eigenvalue weighted by Gasteiger charge is 2.37. The standard InChI is InChI=1S/C11H17N3O5/c1-3-4-6(10(17)18)12-11(19)13-7-5-8(15)14(2)9(7)16/h6-7H,3-5H2,1-2H3,(H,17,18)(H2,12,13,19)/t6-,7?/m1/s1. The number of carbonyl (C=O) groups is 4. The van der Waals surface area contributed by atoms with Crippen LogP contribution in [0.1, 0.15) is 26.2 Å². The molecule has 0 bridgehead atoms. The van der Waals surface area contributed by atoms with E-state index in [9.17, 15) is 19.2 Å². The van der Waals surface area contributed by atoms with E-state index in [-0.39, 0.29) is 12.3 Å². The van der Waals surface area contributed by atoms with Crippen LogP contribution < -0.4 is 10.6 Å². The van der Waals surface area contributed by atoms with E-state index < -0.39 is 30.0 Å². The minimum Gasteiger partial charge on any atom is -0.480 e. The van der Waals surface area contributed by atoms with Crippen molar-refractivity contribution in [3.63, 3.8) is 0 Å². The average molecular weight is 271 g/mol. The zero-order valence-corrected chi connectivity index (χ0v) is 10.8. The number of rotatable bonds is 5. The number of amides is 4. The number of likely N-dealkylation sites (N-methyl/N-ethyl adjacent to an activating group) is 1. The van der Waals surface area contributed by atoms with Gasteiger partial charge in [-0.05, 0) is 6.42 Å². The van der Waals surface area contributed by atoms with E-state index in [1.165, 1.54) is 7.05 Å². The van der Waals surface area contributed by atoms with Crippen LogP contribution in [0.15, 0.2) is 0 Å². The summed E-state index contributed by atoms with van der Waals surface area (Å²) in [6, 6.07) is -2.69. The lowest BCUT2D eigenvalue weighted by molar-refractivity contribution is -0.139. The molecule has 0 aromatic carbocycles. The largest absolute Gasteiger partial charge is 0.480 e. The lowest BCUT2D eigenvalue weighted by atomic mass is 10.2. The van der Waals surface area contributed by atoms with Gasteiger partial charge in [-0.3, -0.25) is 14.5 Å². The van der Waals surface area contributed by atoms with Crippen LogP contribution >= 0.6 is 0 Å². The van der Waals surface area contributed by atoms with Gasteiger partial charge in [0.25, 0.3) is 5.91 Å². The maximum atomic E-state index is 11.6. The summed E-state index contributed by atoms with van der Waals surface area (Å²) >= 11 is 0. The Kier molecular flexibility index (Phi) is 4.85. The minimum absolute atomic E-state index is 0.103. The first-order valence-electron chi connectivity index (χ1n) is 5.97. The third-order valence-corrected chi connectivity index (χ3v) is 2.87. The molecule has 1 aliphatic heterocycles. The summed E-state index contributed by atoms with van der Waals surface area (Å²) in [6.07, 6.45) is 0.787. The Morgan fingerprint density at radius 1 is 1.47 bits per heavy atom. The molecule has 19 heavy (non-hydrogen) atoms. The van der Waals surface area contributed by atoms with Gasteiger partial charge in [0, 0.05) is 7.05 Å². The Hall–Kier alpha value is -2.12. The third-order valence-electron chi connectivity index (χ3n) is 2.87. The number of urea groups is 1. The first-order valence-corrected chi connectivity index (χ1v) is 5.97. The molecule has 1 saturated heterocycles. The van der Waals surface area contributed by atoms with Crippen LogP contribution in [0.25, 0.3) is 0 Å². The quantitative estimate of drug-likeness (QED) is 0.572. The van der Waals surface area contributed by atoms with Crippen LogP contribution in [0.3, 0.4) is 0 Å². The van der Waals surface area contributed by atoms with Crippen LogP contribution in [-0.4, -0.2) is 53.0 Å². The summed E-state index contributed by atoms with van der Waals surface area (Å²) in [7, 11) is 1.33. The molecular weight excluding hydrogens is 254 g/mol. The van der Waals surface area contributed by atoms with Gasteiger partial charge in [-0.25, -0.2) is 9.59 Å². The Bertz CT molecular complexity index is 409. The molecule has 1 heterocycles. The summed E-state index contributed by atoms with van der Waals surface area (Å²) in [5, 5.41) is 13.4. The highest BCUT2D eigenvalue weighted by atomic mass is 16.4. The van der Waals surface area contributed by atoms with E-state index in [1.807, 2.05) is 0 Å². The van der Waals surface area contributed by atoms with Gasteiger partial charge >= 0.3 is 12.0 Å². The second-order valence-corrected chi connectivity index (χ2v) is 4.35. The van der Waals surface area contributed by atoms with Crippen molar-refractivity contribution in [1.82, 2.24) is 15.5 Å². The molecule has 4 amide bonds. The second-order valence-electron chi connectivity index (χ2n) is 4.35. The highest BCUT2D eigenvalue weighted by molar-refractivity contribution is 6.06. The number of carbonyl (C=O) groups excluding carboxylic acids is 3. The molecule has 1 rings (SSSR count). The number of imide groups is 1. The van der Waals surface area contributed by atoms with E-state index in [1.54, 1.807) is 6.92 Å². The van der Waals surface area contributed by atoms with Gasteiger partial charge in [0.15, 0.2) is 0 Å². The van der Waals surface area contributed by atoms with E-state index in [0.717, 1.165) is 4.90 Å². The molecule has 106 valence electrons. The maximum absolute atomic E-state index is 11.6. The van der Waals surface area contributed by atoms with Crippen LogP contribution in [0.5, 0.6) is 0 Å². The van der Waals surface area contributed by atoms with Crippen molar-refractivity contribution < 1.29 is 24.3 Å². The van der Waals surface area contributed by atoms with Crippen molar-refractivity contribution in [2.24, 2.45) is 0 Å². The number of hydrogen-bond donors (Lipinski definition) is 3. The minimum atomic E-state index is -1.14. The van der Waals surface area contributed by atoms with Crippen molar-refractivity contribution in [1.29, 1.82) is 0 Å². The number of nitrogens with one attached hydrogen (secondary N) is 2. The molecule has 0 aromatic heterocycles. The molecule has 8 nitrogen and oxygen atoms in total. The molecule has 1 aliphatic rings. The van der Waals surface area contributed by atoms with Gasteiger partial charge in [-0.2, -0.15) is 0 Å². The summed E-state index contributed by atoms with van der Waals surface area (Å²) in [5.41, 5.74) is 0. The van der Waals surface area contributed by atoms with E-state index in [2.05, 4.69) is 10.6 Å². The van der Waals surface area contributed by atoms with Gasteiger partial charge < -0.3 is 15.7 Å². The molecule has 1 fully saturated rings. The van der Waals surface area contributed by atoms with Gasteiger partial charge in [0.05, 0.1) is 6.42 Å². The Labute approximate surface area is 110 Å². The Morgan fingerprint density at radius 2 is 2.11 bits per heavy atom. The summed E-state index contributed by atoms with van der Waals surface area (Å²) in [4.78, 5) is 46.2. The maximum Gasteiger partial charge on any atom is 0.326 e. The first kappa shape index (κ1) is 14.9. The molecule has 0 radical (unpaired) electrons. The zero-order valence-electron chi connectivity index (χ0n) is 10.8. The van der Waals surface area contributed by atoms with Gasteiger partial charge in [0.1, 0.15) is 12.1 Å². The number of nitrogens with zero attached hydrogens (tertiary/aromatic N) is 1. The summed E-state index contributed by atoms with van der Waals surface area (Å²) in [5.74, 6) is -2.01. The summed E-state index contributed by atoms with van der Waals surface area (Å²) < 4.78 is 0. The molecule has 0 aromatic rings. The number of hydrogen-bond acceptors (Lipinski definition) is 4. The SMILES string of the molecule is CCC[C@@H](NC(=O)NC1CC(=O)N(C)C1=O)C(=O)O. The average Bonchev–Trinajstić information content (AvgIpc) is 2.56. The lowest BCUT2D eigenvalue weighted by Gasteiger charge is -2.16.